The van der Waals surface area contributed by atoms with Crippen LogP contribution in [0.5, 0.6) is 0 Å². The maximum Gasteiger partial charge on any atom is 0.295 e. The summed E-state index contributed by atoms with van der Waals surface area (Å²) in [5, 5.41) is 0.109. The summed E-state index contributed by atoms with van der Waals surface area (Å²) in [6, 6.07) is 17.7. The van der Waals surface area contributed by atoms with Crippen LogP contribution in [0.1, 0.15) is 27.7 Å². The highest BCUT2D eigenvalue weighted by molar-refractivity contribution is 9.10. The molecule has 1 aliphatic heterocycles. The van der Waals surface area contributed by atoms with Gasteiger partial charge in [-0.3, -0.25) is 14.5 Å². The zero-order valence-corrected chi connectivity index (χ0v) is 18.4. The first-order valence-corrected chi connectivity index (χ1v) is 10.6. The Balaban J connectivity index is 1.84. The summed E-state index contributed by atoms with van der Waals surface area (Å²) >= 11 is 6.90. The number of benzene rings is 3. The van der Waals surface area contributed by atoms with Crippen molar-refractivity contribution in [1.82, 2.24) is 0 Å². The molecule has 1 aliphatic rings. The quantitative estimate of drug-likeness (QED) is 0.311. The summed E-state index contributed by atoms with van der Waals surface area (Å²) in [5.74, 6) is -0.984. The number of rotatable bonds is 2. The normalized spacial score (nSPS) is 15.6. The van der Waals surface area contributed by atoms with Crippen LogP contribution in [0.15, 0.2) is 84.9 Å². The van der Waals surface area contributed by atoms with Gasteiger partial charge < -0.3 is 4.42 Å². The predicted octanol–water partition coefficient (Wildman–Crippen LogP) is 6.21. The van der Waals surface area contributed by atoms with Crippen LogP contribution in [0, 0.1) is 5.82 Å². The molecule has 0 saturated carbocycles. The van der Waals surface area contributed by atoms with Crippen molar-refractivity contribution in [2.45, 2.75) is 6.04 Å². The van der Waals surface area contributed by atoms with E-state index in [0.717, 1.165) is 20.6 Å². The monoisotopic (exact) mass is 527 g/mol. The van der Waals surface area contributed by atoms with Gasteiger partial charge in [-0.05, 0) is 54.1 Å². The molecule has 0 saturated heterocycles. The molecular weight excluding hydrogens is 517 g/mol. The van der Waals surface area contributed by atoms with E-state index in [9.17, 15) is 14.0 Å². The Kier molecular flexibility index (Phi) is 4.60. The summed E-state index contributed by atoms with van der Waals surface area (Å²) in [7, 11) is 0. The molecule has 0 spiro atoms. The van der Waals surface area contributed by atoms with Crippen LogP contribution in [-0.4, -0.2) is 5.91 Å². The number of nitrogens with zero attached hydrogens (tertiary/aromatic N) is 1. The molecule has 148 valence electrons. The zero-order valence-electron chi connectivity index (χ0n) is 15.2. The van der Waals surface area contributed by atoms with E-state index in [2.05, 4.69) is 31.9 Å². The fourth-order valence-corrected chi connectivity index (χ4v) is 4.63. The van der Waals surface area contributed by atoms with Crippen molar-refractivity contribution in [3.63, 3.8) is 0 Å². The van der Waals surface area contributed by atoms with Gasteiger partial charge in [-0.25, -0.2) is 4.39 Å². The standard InChI is InChI=1S/C23H12Br2FNO3/c24-13-4-1-3-12(9-13)20-19-21(28)17-11-15(26)7-8-18(17)30-22(19)23(29)27(20)16-6-2-5-14(25)10-16/h1-11,20H. The second-order valence-corrected chi connectivity index (χ2v) is 8.76. The Morgan fingerprint density at radius 1 is 0.900 bits per heavy atom. The van der Waals surface area contributed by atoms with Crippen molar-refractivity contribution in [2.24, 2.45) is 0 Å². The van der Waals surface area contributed by atoms with Crippen molar-refractivity contribution in [3.8, 4) is 0 Å². The number of hydrogen-bond donors (Lipinski definition) is 0. The first-order valence-electron chi connectivity index (χ1n) is 9.05. The third kappa shape index (κ3) is 3.00. The third-order valence-corrected chi connectivity index (χ3v) is 6.07. The third-order valence-electron chi connectivity index (χ3n) is 5.08. The molecule has 4 nitrogen and oxygen atoms in total. The van der Waals surface area contributed by atoms with Gasteiger partial charge in [0.1, 0.15) is 11.4 Å². The van der Waals surface area contributed by atoms with Crippen LogP contribution in [-0.2, 0) is 0 Å². The summed E-state index contributed by atoms with van der Waals surface area (Å²) < 4.78 is 21.3. The van der Waals surface area contributed by atoms with Crippen LogP contribution in [0.3, 0.4) is 0 Å². The highest BCUT2D eigenvalue weighted by Gasteiger charge is 2.43. The SMILES string of the molecule is O=C1c2oc3ccc(F)cc3c(=O)c2C(c2cccc(Br)c2)N1c1cccc(Br)c1. The van der Waals surface area contributed by atoms with Crippen molar-refractivity contribution >= 4 is 54.4 Å². The maximum atomic E-state index is 13.8. The van der Waals surface area contributed by atoms with E-state index >= 15 is 0 Å². The molecular formula is C23H12Br2FNO3. The molecule has 4 aromatic rings. The lowest BCUT2D eigenvalue weighted by molar-refractivity contribution is 0.0971. The molecule has 30 heavy (non-hydrogen) atoms. The number of amides is 1. The van der Waals surface area contributed by atoms with Gasteiger partial charge in [0.05, 0.1) is 17.0 Å². The molecule has 7 heteroatoms. The fraction of sp³-hybridized carbons (Fsp3) is 0.0435. The van der Waals surface area contributed by atoms with Crippen LogP contribution in [0.4, 0.5) is 10.1 Å². The van der Waals surface area contributed by atoms with Gasteiger partial charge in [0.15, 0.2) is 5.43 Å². The van der Waals surface area contributed by atoms with Crippen molar-refractivity contribution in [1.29, 1.82) is 0 Å². The van der Waals surface area contributed by atoms with Gasteiger partial charge in [0.25, 0.3) is 5.91 Å². The van der Waals surface area contributed by atoms with Gasteiger partial charge in [0.2, 0.25) is 5.76 Å². The Bertz CT molecular complexity index is 1400. The van der Waals surface area contributed by atoms with Crippen molar-refractivity contribution in [2.75, 3.05) is 4.90 Å². The Labute approximate surface area is 187 Å². The van der Waals surface area contributed by atoms with E-state index in [-0.39, 0.29) is 22.3 Å². The van der Waals surface area contributed by atoms with Gasteiger partial charge in [0, 0.05) is 14.6 Å². The Hall–Kier alpha value is -2.77. The highest BCUT2D eigenvalue weighted by atomic mass is 79.9. The highest BCUT2D eigenvalue weighted by Crippen LogP contribution is 2.42. The molecule has 0 N–H and O–H groups in total. The lowest BCUT2D eigenvalue weighted by Crippen LogP contribution is -2.29. The average molecular weight is 529 g/mol. The summed E-state index contributed by atoms with van der Waals surface area (Å²) in [4.78, 5) is 28.4. The van der Waals surface area contributed by atoms with Crippen LogP contribution >= 0.6 is 31.9 Å². The van der Waals surface area contributed by atoms with Gasteiger partial charge >= 0.3 is 0 Å². The second-order valence-electron chi connectivity index (χ2n) is 6.93. The average Bonchev–Trinajstić information content (AvgIpc) is 3.01. The van der Waals surface area contributed by atoms with Crippen LogP contribution in [0.25, 0.3) is 11.0 Å². The Morgan fingerprint density at radius 2 is 1.63 bits per heavy atom. The molecule has 3 aromatic carbocycles. The number of anilines is 1. The lowest BCUT2D eigenvalue weighted by atomic mass is 9.98. The van der Waals surface area contributed by atoms with Crippen LogP contribution < -0.4 is 10.3 Å². The lowest BCUT2D eigenvalue weighted by Gasteiger charge is -2.25. The van der Waals surface area contributed by atoms with Crippen molar-refractivity contribution < 1.29 is 13.6 Å². The molecule has 0 bridgehead atoms. The number of carbonyl (C=O) groups is 1. The van der Waals surface area contributed by atoms with Crippen molar-refractivity contribution in [3.05, 3.63) is 109 Å². The predicted molar refractivity (Wildman–Crippen MR) is 119 cm³/mol. The summed E-state index contributed by atoms with van der Waals surface area (Å²) in [6.07, 6.45) is 0. The van der Waals surface area contributed by atoms with Gasteiger partial charge in [-0.1, -0.05) is 50.1 Å². The molecule has 2 heterocycles. The molecule has 0 fully saturated rings. The largest absolute Gasteiger partial charge is 0.450 e. The number of carbonyl (C=O) groups excluding carboxylic acids is 1. The summed E-state index contributed by atoms with van der Waals surface area (Å²) in [5.41, 5.74) is 1.32. The first-order chi connectivity index (χ1) is 14.4. The molecule has 5 rings (SSSR count). The van der Waals surface area contributed by atoms with E-state index < -0.39 is 23.2 Å². The number of halogens is 3. The second kappa shape index (κ2) is 7.18. The minimum absolute atomic E-state index is 0.0240. The minimum Gasteiger partial charge on any atom is -0.450 e. The van der Waals surface area contributed by atoms with Gasteiger partial charge in [-0.15, -0.1) is 0 Å². The number of fused-ring (bicyclic) bond motifs is 2. The topological polar surface area (TPSA) is 50.5 Å². The Morgan fingerprint density at radius 3 is 2.37 bits per heavy atom. The molecule has 0 aliphatic carbocycles. The number of hydrogen-bond acceptors (Lipinski definition) is 3. The molecule has 1 unspecified atom stereocenters. The minimum atomic E-state index is -0.705. The molecule has 1 atom stereocenters. The first kappa shape index (κ1) is 19.2. The van der Waals surface area contributed by atoms with Crippen LogP contribution in [0.2, 0.25) is 0 Å². The van der Waals surface area contributed by atoms with Gasteiger partial charge in [-0.2, -0.15) is 0 Å². The molecule has 1 aromatic heterocycles. The zero-order chi connectivity index (χ0) is 21.0. The maximum absolute atomic E-state index is 13.8. The van der Waals surface area contributed by atoms with E-state index in [1.54, 1.807) is 12.1 Å². The molecule has 1 amide bonds. The smallest absolute Gasteiger partial charge is 0.295 e. The van der Waals surface area contributed by atoms with E-state index in [1.165, 1.54) is 17.0 Å². The van der Waals surface area contributed by atoms with E-state index in [1.807, 2.05) is 36.4 Å². The summed E-state index contributed by atoms with van der Waals surface area (Å²) in [6.45, 7) is 0. The fourth-order valence-electron chi connectivity index (χ4n) is 3.83. The molecule has 0 radical (unpaired) electrons. The van der Waals surface area contributed by atoms with E-state index in [0.29, 0.717) is 5.69 Å². The van der Waals surface area contributed by atoms with E-state index in [4.69, 9.17) is 4.42 Å².